The molecular weight excluding hydrogens is 246 g/mol. The highest BCUT2D eigenvalue weighted by Crippen LogP contribution is 2.38. The second-order valence-corrected chi connectivity index (χ2v) is 6.46. The van der Waals surface area contributed by atoms with Crippen LogP contribution in [-0.4, -0.2) is 28.1 Å². The maximum absolute atomic E-state index is 11.3. The predicted molar refractivity (Wildman–Crippen MR) is 71.6 cm³/mol. The first-order valence-corrected chi connectivity index (χ1v) is 7.64. The summed E-state index contributed by atoms with van der Waals surface area (Å²) in [6, 6.07) is 5.13. The molecule has 1 aromatic rings. The van der Waals surface area contributed by atoms with E-state index in [1.807, 2.05) is 0 Å². The summed E-state index contributed by atoms with van der Waals surface area (Å²) >= 11 is 1.78. The minimum Gasteiger partial charge on any atom is -0.481 e. The molecule has 2 aliphatic rings. The zero-order valence-corrected chi connectivity index (χ0v) is 11.2. The average molecular weight is 265 g/mol. The van der Waals surface area contributed by atoms with E-state index >= 15 is 0 Å². The van der Waals surface area contributed by atoms with Gasteiger partial charge >= 0.3 is 5.97 Å². The van der Waals surface area contributed by atoms with Crippen LogP contribution < -0.4 is 0 Å². The largest absolute Gasteiger partial charge is 0.481 e. The van der Waals surface area contributed by atoms with Crippen molar-refractivity contribution < 1.29 is 9.90 Å². The van der Waals surface area contributed by atoms with Gasteiger partial charge < -0.3 is 5.11 Å². The minimum absolute atomic E-state index is 0.148. The van der Waals surface area contributed by atoms with Crippen LogP contribution in [0, 0.1) is 5.92 Å². The number of carboxylic acid groups (broad SMARTS) is 1. The van der Waals surface area contributed by atoms with Gasteiger partial charge in [-0.15, -0.1) is 11.3 Å². The lowest BCUT2D eigenvalue weighted by molar-refractivity contribution is -0.143. The summed E-state index contributed by atoms with van der Waals surface area (Å²) in [5, 5.41) is 11.4. The molecule has 0 amide bonds. The van der Waals surface area contributed by atoms with Gasteiger partial charge in [-0.3, -0.25) is 9.69 Å². The highest BCUT2D eigenvalue weighted by molar-refractivity contribution is 7.09. The molecule has 2 aliphatic carbocycles. The molecule has 0 saturated heterocycles. The Hall–Kier alpha value is -0.870. The van der Waals surface area contributed by atoms with Crippen LogP contribution in [0.25, 0.3) is 0 Å². The van der Waals surface area contributed by atoms with Crippen LogP contribution in [0.2, 0.25) is 0 Å². The first kappa shape index (κ1) is 12.2. The summed E-state index contributed by atoms with van der Waals surface area (Å²) in [6.45, 7) is 0.941. The van der Waals surface area contributed by atoms with Crippen molar-refractivity contribution in [3.05, 3.63) is 22.4 Å². The van der Waals surface area contributed by atoms with Gasteiger partial charge in [0.25, 0.3) is 0 Å². The number of carbonyl (C=O) groups is 1. The fourth-order valence-electron chi connectivity index (χ4n) is 3.13. The standard InChI is InChI=1S/C14H19NO2S/c16-14(17)12-4-1-5-13(12)15(10-6-7-10)9-11-3-2-8-18-11/h2-3,8,10,12-13H,1,4-7,9H2,(H,16,17). The van der Waals surface area contributed by atoms with Gasteiger partial charge in [-0.05, 0) is 37.1 Å². The van der Waals surface area contributed by atoms with Gasteiger partial charge in [-0.1, -0.05) is 12.5 Å². The summed E-state index contributed by atoms with van der Waals surface area (Å²) in [5.74, 6) is -0.750. The third kappa shape index (κ3) is 2.45. The highest BCUT2D eigenvalue weighted by atomic mass is 32.1. The molecule has 2 unspecified atom stereocenters. The lowest BCUT2D eigenvalue weighted by Gasteiger charge is -2.31. The average Bonchev–Trinajstić information content (AvgIpc) is 2.88. The van der Waals surface area contributed by atoms with E-state index in [0.29, 0.717) is 6.04 Å². The van der Waals surface area contributed by atoms with E-state index in [1.165, 1.54) is 17.7 Å². The van der Waals surface area contributed by atoms with Gasteiger partial charge in [0.2, 0.25) is 0 Å². The molecule has 0 aliphatic heterocycles. The van der Waals surface area contributed by atoms with Gasteiger partial charge in [0.15, 0.2) is 0 Å². The Morgan fingerprint density at radius 2 is 2.22 bits per heavy atom. The molecule has 2 saturated carbocycles. The second-order valence-electron chi connectivity index (χ2n) is 5.43. The lowest BCUT2D eigenvalue weighted by Crippen LogP contribution is -2.41. The highest BCUT2D eigenvalue weighted by Gasteiger charge is 2.42. The summed E-state index contributed by atoms with van der Waals surface area (Å²) in [6.07, 6.45) is 5.46. The van der Waals surface area contributed by atoms with Gasteiger partial charge in [0.05, 0.1) is 5.92 Å². The van der Waals surface area contributed by atoms with Crippen LogP contribution in [-0.2, 0) is 11.3 Å². The molecule has 3 nitrogen and oxygen atoms in total. The van der Waals surface area contributed by atoms with Crippen molar-refractivity contribution in [1.29, 1.82) is 0 Å². The Morgan fingerprint density at radius 1 is 1.39 bits per heavy atom. The molecule has 2 fully saturated rings. The summed E-state index contributed by atoms with van der Waals surface area (Å²) in [5.41, 5.74) is 0. The Balaban J connectivity index is 1.74. The zero-order valence-electron chi connectivity index (χ0n) is 10.4. The lowest BCUT2D eigenvalue weighted by atomic mass is 10.0. The van der Waals surface area contributed by atoms with Crippen molar-refractivity contribution in [3.63, 3.8) is 0 Å². The van der Waals surface area contributed by atoms with Crippen molar-refractivity contribution in [1.82, 2.24) is 4.90 Å². The monoisotopic (exact) mass is 265 g/mol. The zero-order chi connectivity index (χ0) is 12.5. The van der Waals surface area contributed by atoms with E-state index in [1.54, 1.807) is 11.3 Å². The van der Waals surface area contributed by atoms with Crippen molar-refractivity contribution in [2.75, 3.05) is 0 Å². The molecule has 3 rings (SSSR count). The Bertz CT molecular complexity index is 413. The van der Waals surface area contributed by atoms with E-state index < -0.39 is 5.97 Å². The summed E-state index contributed by atoms with van der Waals surface area (Å²) < 4.78 is 0. The second kappa shape index (κ2) is 5.02. The Labute approximate surface area is 111 Å². The van der Waals surface area contributed by atoms with Gasteiger partial charge in [0, 0.05) is 23.5 Å². The molecule has 0 aromatic carbocycles. The molecular formula is C14H19NO2S. The van der Waals surface area contributed by atoms with E-state index in [9.17, 15) is 9.90 Å². The molecule has 1 N–H and O–H groups in total. The van der Waals surface area contributed by atoms with Crippen molar-refractivity contribution in [3.8, 4) is 0 Å². The Kier molecular flexibility index (Phi) is 3.39. The number of rotatable bonds is 5. The predicted octanol–water partition coefficient (Wildman–Crippen LogP) is 2.97. The van der Waals surface area contributed by atoms with E-state index in [4.69, 9.17) is 0 Å². The first-order valence-electron chi connectivity index (χ1n) is 6.76. The quantitative estimate of drug-likeness (QED) is 0.890. The molecule has 0 bridgehead atoms. The maximum Gasteiger partial charge on any atom is 0.308 e. The molecule has 0 spiro atoms. The number of carboxylic acids is 1. The smallest absolute Gasteiger partial charge is 0.308 e. The molecule has 4 heteroatoms. The SMILES string of the molecule is O=C(O)C1CCCC1N(Cc1cccs1)C1CC1. The number of aliphatic carboxylic acids is 1. The fraction of sp³-hybridized carbons (Fsp3) is 0.643. The van der Waals surface area contributed by atoms with Crippen molar-refractivity contribution in [2.45, 2.75) is 50.7 Å². The van der Waals surface area contributed by atoms with Gasteiger partial charge in [0.1, 0.15) is 0 Å². The number of hydrogen-bond acceptors (Lipinski definition) is 3. The molecule has 0 radical (unpaired) electrons. The molecule has 18 heavy (non-hydrogen) atoms. The summed E-state index contributed by atoms with van der Waals surface area (Å²) in [7, 11) is 0. The third-order valence-electron chi connectivity index (χ3n) is 4.16. The van der Waals surface area contributed by atoms with E-state index in [2.05, 4.69) is 22.4 Å². The van der Waals surface area contributed by atoms with E-state index in [-0.39, 0.29) is 12.0 Å². The fourth-order valence-corrected chi connectivity index (χ4v) is 3.84. The third-order valence-corrected chi connectivity index (χ3v) is 5.02. The number of nitrogens with zero attached hydrogens (tertiary/aromatic N) is 1. The van der Waals surface area contributed by atoms with Crippen LogP contribution in [0.5, 0.6) is 0 Å². The normalized spacial score (nSPS) is 27.8. The van der Waals surface area contributed by atoms with Crippen LogP contribution >= 0.6 is 11.3 Å². The minimum atomic E-state index is -0.602. The molecule has 2 atom stereocenters. The van der Waals surface area contributed by atoms with Crippen LogP contribution in [0.1, 0.15) is 37.0 Å². The molecule has 98 valence electrons. The van der Waals surface area contributed by atoms with Gasteiger partial charge in [-0.2, -0.15) is 0 Å². The van der Waals surface area contributed by atoms with Gasteiger partial charge in [-0.25, -0.2) is 0 Å². The number of thiophene rings is 1. The Morgan fingerprint density at radius 3 is 2.83 bits per heavy atom. The summed E-state index contributed by atoms with van der Waals surface area (Å²) in [4.78, 5) is 15.2. The van der Waals surface area contributed by atoms with Crippen molar-refractivity contribution >= 4 is 17.3 Å². The topological polar surface area (TPSA) is 40.5 Å². The van der Waals surface area contributed by atoms with E-state index in [0.717, 1.165) is 25.8 Å². The van der Waals surface area contributed by atoms with Crippen molar-refractivity contribution in [2.24, 2.45) is 5.92 Å². The number of hydrogen-bond donors (Lipinski definition) is 1. The first-order chi connectivity index (χ1) is 8.75. The molecule has 1 heterocycles. The van der Waals surface area contributed by atoms with Crippen LogP contribution in [0.3, 0.4) is 0 Å². The maximum atomic E-state index is 11.3. The van der Waals surface area contributed by atoms with Crippen LogP contribution in [0.15, 0.2) is 17.5 Å². The molecule has 1 aromatic heterocycles. The van der Waals surface area contributed by atoms with Crippen LogP contribution in [0.4, 0.5) is 0 Å².